The summed E-state index contributed by atoms with van der Waals surface area (Å²) in [5.74, 6) is -0.299. The number of aromatic nitrogens is 2. The van der Waals surface area contributed by atoms with Crippen LogP contribution in [0.25, 0.3) is 0 Å². The van der Waals surface area contributed by atoms with E-state index < -0.39 is 22.4 Å². The van der Waals surface area contributed by atoms with Crippen LogP contribution in [0.3, 0.4) is 0 Å². The van der Waals surface area contributed by atoms with E-state index in [1.165, 1.54) is 0 Å². The number of rotatable bonds is 6. The first-order chi connectivity index (χ1) is 11.7. The van der Waals surface area contributed by atoms with Gasteiger partial charge in [0.25, 0.3) is 0 Å². The molecule has 1 aromatic carbocycles. The molecule has 0 aliphatic carbocycles. The molecule has 1 heterocycles. The van der Waals surface area contributed by atoms with Gasteiger partial charge in [0.1, 0.15) is 6.33 Å². The zero-order valence-corrected chi connectivity index (χ0v) is 13.6. The average Bonchev–Trinajstić information content (AvgIpc) is 2.53. The van der Waals surface area contributed by atoms with E-state index in [-0.39, 0.29) is 22.3 Å². The highest BCUT2D eigenvalue weighted by molar-refractivity contribution is 6.33. The molecule has 0 bridgehead atoms. The molecule has 0 unspecified atom stereocenters. The molecule has 0 atom stereocenters. The molecule has 0 aliphatic rings. The number of anilines is 3. The van der Waals surface area contributed by atoms with Gasteiger partial charge in [-0.1, -0.05) is 18.5 Å². The summed E-state index contributed by atoms with van der Waals surface area (Å²) >= 11 is 5.89. The van der Waals surface area contributed by atoms with Crippen LogP contribution in [0.4, 0.5) is 36.2 Å². The van der Waals surface area contributed by atoms with Gasteiger partial charge >= 0.3 is 11.9 Å². The smallest absolute Gasteiger partial charge is 0.364 e. The van der Waals surface area contributed by atoms with Gasteiger partial charge in [-0.15, -0.1) is 0 Å². The second kappa shape index (κ2) is 7.51. The van der Waals surface area contributed by atoms with Crippen LogP contribution >= 0.6 is 11.6 Å². The molecule has 1 aromatic heterocycles. The van der Waals surface area contributed by atoms with Crippen molar-refractivity contribution >= 4 is 34.6 Å². The van der Waals surface area contributed by atoms with Crippen molar-refractivity contribution in [3.63, 3.8) is 0 Å². The summed E-state index contributed by atoms with van der Waals surface area (Å²) in [6.45, 7) is 2.29. The molecule has 25 heavy (non-hydrogen) atoms. The zero-order valence-electron chi connectivity index (χ0n) is 12.9. The minimum Gasteiger partial charge on any atom is -0.364 e. The summed E-state index contributed by atoms with van der Waals surface area (Å²) in [7, 11) is 0. The molecule has 0 radical (unpaired) electrons. The third-order valence-corrected chi connectivity index (χ3v) is 3.42. The number of hydrogen-bond acceptors (Lipinski definition) is 6. The Hall–Kier alpha value is -2.62. The van der Waals surface area contributed by atoms with Gasteiger partial charge in [0.05, 0.1) is 21.2 Å². The number of benzene rings is 1. The SMILES string of the molecule is CCCNc1ncnc(Nc2cc(C(F)(F)F)ccc2Cl)c1[N+](=O)[O-]. The summed E-state index contributed by atoms with van der Waals surface area (Å²) < 4.78 is 38.5. The molecule has 11 heteroatoms. The largest absolute Gasteiger partial charge is 0.416 e. The fourth-order valence-electron chi connectivity index (χ4n) is 1.94. The number of alkyl halides is 3. The van der Waals surface area contributed by atoms with Crippen LogP contribution < -0.4 is 10.6 Å². The molecule has 0 amide bonds. The van der Waals surface area contributed by atoms with Gasteiger partial charge in [-0.3, -0.25) is 10.1 Å². The molecular formula is C14H13ClF3N5O2. The van der Waals surface area contributed by atoms with Crippen LogP contribution in [-0.4, -0.2) is 21.4 Å². The fraction of sp³-hybridized carbons (Fsp3) is 0.286. The first kappa shape index (κ1) is 18.7. The van der Waals surface area contributed by atoms with E-state index in [1.54, 1.807) is 0 Å². The first-order valence-electron chi connectivity index (χ1n) is 7.11. The number of nitro groups is 1. The third-order valence-electron chi connectivity index (χ3n) is 3.09. The van der Waals surface area contributed by atoms with Crippen LogP contribution in [-0.2, 0) is 6.18 Å². The number of halogens is 4. The zero-order chi connectivity index (χ0) is 18.6. The summed E-state index contributed by atoms with van der Waals surface area (Å²) in [5.41, 5.74) is -1.58. The Morgan fingerprint density at radius 1 is 1.28 bits per heavy atom. The lowest BCUT2D eigenvalue weighted by atomic mass is 10.2. The predicted octanol–water partition coefficient (Wildman–Crippen LogP) is 4.62. The lowest BCUT2D eigenvalue weighted by Crippen LogP contribution is -2.09. The minimum atomic E-state index is -4.58. The van der Waals surface area contributed by atoms with Gasteiger partial charge in [-0.25, -0.2) is 9.97 Å². The summed E-state index contributed by atoms with van der Waals surface area (Å²) in [6, 6.07) is 2.62. The molecule has 2 aromatic rings. The van der Waals surface area contributed by atoms with Crippen LogP contribution in [0.5, 0.6) is 0 Å². The molecule has 0 saturated carbocycles. The van der Waals surface area contributed by atoms with Crippen molar-refractivity contribution in [3.05, 3.63) is 45.2 Å². The highest BCUT2D eigenvalue weighted by atomic mass is 35.5. The second-order valence-corrected chi connectivity index (χ2v) is 5.33. The van der Waals surface area contributed by atoms with Gasteiger partial charge in [0.2, 0.25) is 11.6 Å². The van der Waals surface area contributed by atoms with E-state index in [0.717, 1.165) is 24.5 Å². The molecule has 0 spiro atoms. The van der Waals surface area contributed by atoms with E-state index >= 15 is 0 Å². The Morgan fingerprint density at radius 3 is 2.56 bits per heavy atom. The lowest BCUT2D eigenvalue weighted by molar-refractivity contribution is -0.383. The Balaban J connectivity index is 2.45. The third kappa shape index (κ3) is 4.47. The average molecular weight is 376 g/mol. The Labute approximate surface area is 145 Å². The van der Waals surface area contributed by atoms with Gasteiger partial charge < -0.3 is 10.6 Å². The molecule has 134 valence electrons. The highest BCUT2D eigenvalue weighted by Crippen LogP contribution is 2.37. The van der Waals surface area contributed by atoms with Crippen molar-refractivity contribution in [2.75, 3.05) is 17.2 Å². The molecule has 0 fully saturated rings. The van der Waals surface area contributed by atoms with Crippen LogP contribution in [0.1, 0.15) is 18.9 Å². The lowest BCUT2D eigenvalue weighted by Gasteiger charge is -2.13. The molecule has 0 aliphatic heterocycles. The second-order valence-electron chi connectivity index (χ2n) is 4.92. The maximum absolute atomic E-state index is 12.8. The Morgan fingerprint density at radius 2 is 1.96 bits per heavy atom. The van der Waals surface area contributed by atoms with Crippen molar-refractivity contribution in [3.8, 4) is 0 Å². The highest BCUT2D eigenvalue weighted by Gasteiger charge is 2.31. The number of nitrogens with zero attached hydrogens (tertiary/aromatic N) is 3. The van der Waals surface area contributed by atoms with Gasteiger partial charge in [-0.05, 0) is 24.6 Å². The number of hydrogen-bond donors (Lipinski definition) is 2. The molecule has 0 saturated heterocycles. The normalized spacial score (nSPS) is 11.2. The van der Waals surface area contributed by atoms with E-state index in [9.17, 15) is 23.3 Å². The van der Waals surface area contributed by atoms with E-state index in [4.69, 9.17) is 11.6 Å². The monoisotopic (exact) mass is 375 g/mol. The molecule has 2 rings (SSSR count). The Bertz CT molecular complexity index is 786. The summed E-state index contributed by atoms with van der Waals surface area (Å²) in [6.07, 6.45) is -2.81. The van der Waals surface area contributed by atoms with Crippen LogP contribution in [0.15, 0.2) is 24.5 Å². The van der Waals surface area contributed by atoms with Gasteiger partial charge in [0, 0.05) is 6.54 Å². The van der Waals surface area contributed by atoms with Gasteiger partial charge in [0.15, 0.2) is 0 Å². The van der Waals surface area contributed by atoms with Gasteiger partial charge in [-0.2, -0.15) is 13.2 Å². The van der Waals surface area contributed by atoms with E-state index in [1.807, 2.05) is 6.92 Å². The molecule has 2 N–H and O–H groups in total. The minimum absolute atomic E-state index is 0.0348. The quantitative estimate of drug-likeness (QED) is 0.565. The summed E-state index contributed by atoms with van der Waals surface area (Å²) in [4.78, 5) is 18.2. The predicted molar refractivity (Wildman–Crippen MR) is 87.2 cm³/mol. The first-order valence-corrected chi connectivity index (χ1v) is 7.48. The molecular weight excluding hydrogens is 363 g/mol. The maximum Gasteiger partial charge on any atom is 0.416 e. The number of nitrogens with one attached hydrogen (secondary N) is 2. The van der Waals surface area contributed by atoms with Crippen molar-refractivity contribution in [2.45, 2.75) is 19.5 Å². The van der Waals surface area contributed by atoms with E-state index in [2.05, 4.69) is 20.6 Å². The fourth-order valence-corrected chi connectivity index (χ4v) is 2.11. The maximum atomic E-state index is 12.8. The van der Waals surface area contributed by atoms with Crippen molar-refractivity contribution < 1.29 is 18.1 Å². The molecule has 7 nitrogen and oxygen atoms in total. The van der Waals surface area contributed by atoms with Crippen LogP contribution in [0.2, 0.25) is 5.02 Å². The van der Waals surface area contributed by atoms with Crippen molar-refractivity contribution in [2.24, 2.45) is 0 Å². The standard InChI is InChI=1S/C14H13ClF3N5O2/c1-2-5-19-12-11(23(24)25)13(21-7-20-12)22-10-6-8(14(16,17)18)3-4-9(10)15/h3-4,6-7H,2,5H2,1H3,(H2,19,20,21,22). The van der Waals surface area contributed by atoms with Crippen molar-refractivity contribution in [1.29, 1.82) is 0 Å². The Kier molecular flexibility index (Phi) is 5.62. The summed E-state index contributed by atoms with van der Waals surface area (Å²) in [5, 5.41) is 16.6. The topological polar surface area (TPSA) is 93.0 Å². The van der Waals surface area contributed by atoms with E-state index in [0.29, 0.717) is 13.0 Å². The van der Waals surface area contributed by atoms with Crippen LogP contribution in [0, 0.1) is 10.1 Å². The van der Waals surface area contributed by atoms with Crippen molar-refractivity contribution in [1.82, 2.24) is 9.97 Å².